The fraction of sp³-hybridized carbons (Fsp3) is 0.484. The van der Waals surface area contributed by atoms with Crippen molar-refractivity contribution in [3.8, 4) is 0 Å². The molecule has 1 aliphatic carbocycles. The predicted molar refractivity (Wildman–Crippen MR) is 162 cm³/mol. The minimum absolute atomic E-state index is 0.202. The number of hydrogen-bond acceptors (Lipinski definition) is 5. The molecule has 0 amide bonds. The van der Waals surface area contributed by atoms with Gasteiger partial charge >= 0.3 is 0 Å². The van der Waals surface area contributed by atoms with Gasteiger partial charge in [0.1, 0.15) is 5.82 Å². The molecule has 3 aromatic rings. The van der Waals surface area contributed by atoms with Gasteiger partial charge in [-0.05, 0) is 68.7 Å². The summed E-state index contributed by atoms with van der Waals surface area (Å²) in [5.74, 6) is 1.88. The second kappa shape index (κ2) is 14.5. The van der Waals surface area contributed by atoms with Gasteiger partial charge in [0.2, 0.25) is 0 Å². The number of nitrogens with one attached hydrogen (secondary N) is 1. The van der Waals surface area contributed by atoms with Crippen molar-refractivity contribution < 1.29 is 8.95 Å². The smallest absolute Gasteiger partial charge is 0.128 e. The van der Waals surface area contributed by atoms with Gasteiger partial charge in [-0.2, -0.15) is 5.10 Å². The van der Waals surface area contributed by atoms with Crippen LogP contribution in [0, 0.1) is 5.92 Å². The topological polar surface area (TPSA) is 72.3 Å². The molecule has 210 valence electrons. The Kier molecular flexibility index (Phi) is 10.9. The van der Waals surface area contributed by atoms with Gasteiger partial charge in [0, 0.05) is 49.9 Å². The lowest BCUT2D eigenvalue weighted by molar-refractivity contribution is -0.00205. The number of rotatable bonds is 8. The molecular formula is C31H43N5O2S. The largest absolute Gasteiger partial charge is 0.378 e. The van der Waals surface area contributed by atoms with Crippen LogP contribution in [-0.2, 0) is 22.8 Å². The molecule has 3 heterocycles. The first-order chi connectivity index (χ1) is 19.0. The van der Waals surface area contributed by atoms with E-state index in [1.165, 1.54) is 16.5 Å². The van der Waals surface area contributed by atoms with E-state index in [9.17, 15) is 4.21 Å². The quantitative estimate of drug-likeness (QED) is 0.374. The maximum atomic E-state index is 11.9. The maximum Gasteiger partial charge on any atom is 0.128 e. The van der Waals surface area contributed by atoms with Crippen LogP contribution >= 0.6 is 0 Å². The summed E-state index contributed by atoms with van der Waals surface area (Å²) in [7, 11) is 0.979. The lowest BCUT2D eigenvalue weighted by Crippen LogP contribution is -2.51. The second-order valence-corrected chi connectivity index (χ2v) is 11.7. The highest BCUT2D eigenvalue weighted by Gasteiger charge is 2.32. The van der Waals surface area contributed by atoms with Crippen LogP contribution in [0.4, 0.5) is 5.82 Å². The number of nitrogens with zero attached hydrogens (tertiary/aromatic N) is 4. The first kappa shape index (κ1) is 29.2. The highest BCUT2D eigenvalue weighted by atomic mass is 32.2. The van der Waals surface area contributed by atoms with E-state index >= 15 is 0 Å². The number of piperidine rings is 1. The molecule has 1 saturated heterocycles. The van der Waals surface area contributed by atoms with Crippen molar-refractivity contribution in [3.05, 3.63) is 79.2 Å². The first-order valence-electron chi connectivity index (χ1n) is 14.0. The average Bonchev–Trinajstić information content (AvgIpc) is 3.33. The zero-order chi connectivity index (χ0) is 27.6. The molecule has 0 spiro atoms. The molecule has 5 rings (SSSR count). The van der Waals surface area contributed by atoms with Crippen LogP contribution in [0.15, 0.2) is 73.6 Å². The average molecular weight is 550 g/mol. The molecule has 8 heteroatoms. The van der Waals surface area contributed by atoms with Gasteiger partial charge in [-0.1, -0.05) is 43.0 Å². The highest BCUT2D eigenvalue weighted by molar-refractivity contribution is 7.82. The summed E-state index contributed by atoms with van der Waals surface area (Å²) in [5.41, 5.74) is 2.63. The minimum Gasteiger partial charge on any atom is -0.378 e. The van der Waals surface area contributed by atoms with E-state index in [0.29, 0.717) is 18.6 Å². The summed E-state index contributed by atoms with van der Waals surface area (Å²) >= 11 is 0. The molecule has 7 nitrogen and oxygen atoms in total. The zero-order valence-electron chi connectivity index (χ0n) is 23.5. The van der Waals surface area contributed by atoms with Gasteiger partial charge in [0.15, 0.2) is 0 Å². The van der Waals surface area contributed by atoms with Crippen LogP contribution in [0.1, 0.15) is 50.5 Å². The van der Waals surface area contributed by atoms with Crippen molar-refractivity contribution in [3.63, 3.8) is 0 Å². The van der Waals surface area contributed by atoms with Crippen LogP contribution in [-0.4, -0.2) is 57.1 Å². The van der Waals surface area contributed by atoms with Crippen molar-refractivity contribution in [1.29, 1.82) is 0 Å². The van der Waals surface area contributed by atoms with Crippen molar-refractivity contribution in [2.24, 2.45) is 13.0 Å². The summed E-state index contributed by atoms with van der Waals surface area (Å²) in [6.45, 7) is 7.89. The number of aromatic nitrogens is 3. The summed E-state index contributed by atoms with van der Waals surface area (Å²) in [5, 5.41) is 5.58. The van der Waals surface area contributed by atoms with Crippen LogP contribution in [0.3, 0.4) is 0 Å². The van der Waals surface area contributed by atoms with Crippen LogP contribution in [0.25, 0.3) is 10.9 Å². The molecule has 0 bridgehead atoms. The maximum absolute atomic E-state index is 11.9. The van der Waals surface area contributed by atoms with Crippen molar-refractivity contribution in [1.82, 2.24) is 19.5 Å². The van der Waals surface area contributed by atoms with Crippen molar-refractivity contribution in [2.75, 3.05) is 30.9 Å². The van der Waals surface area contributed by atoms with E-state index in [2.05, 4.69) is 50.5 Å². The number of aryl methyl sites for hydroxylation is 1. The number of fused-ring (bicyclic) bond motifs is 1. The van der Waals surface area contributed by atoms with E-state index in [0.717, 1.165) is 51.0 Å². The summed E-state index contributed by atoms with van der Waals surface area (Å²) in [6, 6.07) is 13.0. The van der Waals surface area contributed by atoms with E-state index in [-0.39, 0.29) is 12.0 Å². The molecule has 1 unspecified atom stereocenters. The molecule has 1 aliphatic heterocycles. The van der Waals surface area contributed by atoms with E-state index < -0.39 is 11.0 Å². The minimum atomic E-state index is -1.03. The van der Waals surface area contributed by atoms with Crippen LogP contribution in [0.2, 0.25) is 0 Å². The molecule has 2 aromatic heterocycles. The number of benzene rings is 1. The molecule has 1 aromatic carbocycles. The lowest BCUT2D eigenvalue weighted by Gasteiger charge is -2.40. The summed E-state index contributed by atoms with van der Waals surface area (Å²) in [6.07, 6.45) is 16.8. The van der Waals surface area contributed by atoms with Gasteiger partial charge in [-0.15, -0.1) is 0 Å². The Morgan fingerprint density at radius 1 is 1.18 bits per heavy atom. The van der Waals surface area contributed by atoms with Crippen molar-refractivity contribution in [2.45, 2.75) is 57.1 Å². The highest BCUT2D eigenvalue weighted by Crippen LogP contribution is 2.35. The first-order valence-corrected chi connectivity index (χ1v) is 15.6. The fourth-order valence-electron chi connectivity index (χ4n) is 5.69. The van der Waals surface area contributed by atoms with Crippen molar-refractivity contribution >= 4 is 27.7 Å². The molecule has 3 atom stereocenters. The molecule has 2 fully saturated rings. The van der Waals surface area contributed by atoms with Gasteiger partial charge in [0.05, 0.1) is 35.4 Å². The molecule has 2 aliphatic rings. The standard InChI is InChI=1S/C26H35N5O2S.C5H8/c1-30-25-15-20(6-7-21(25)16-28-30)19-8-10-23(11-9-19)33-18-22-17-31(26-5-3-4-13-27-26)14-12-24(22)29-34(2)32;1-3-5-4-2/h3-7,13,15-16,19,22-24,29H,8-12,14,17-18H2,1-2H3;3-5H,1H2,2H3/b;5-4-/t19?,22-,23?,24-,34?;/m0./s1. The Bertz CT molecular complexity index is 1240. The van der Waals surface area contributed by atoms with Gasteiger partial charge in [-0.25, -0.2) is 13.9 Å². The van der Waals surface area contributed by atoms with Gasteiger partial charge in [0.25, 0.3) is 0 Å². The summed E-state index contributed by atoms with van der Waals surface area (Å²) < 4.78 is 23.6. The molecule has 1 N–H and O–H groups in total. The van der Waals surface area contributed by atoms with E-state index in [1.807, 2.05) is 55.3 Å². The number of ether oxygens (including phenoxy) is 1. The number of pyridine rings is 1. The molecule has 1 saturated carbocycles. The Balaban J connectivity index is 0.000000648. The van der Waals surface area contributed by atoms with Gasteiger partial charge < -0.3 is 9.64 Å². The lowest BCUT2D eigenvalue weighted by atomic mass is 9.82. The van der Waals surface area contributed by atoms with E-state index in [4.69, 9.17) is 4.74 Å². The van der Waals surface area contributed by atoms with E-state index in [1.54, 1.807) is 12.3 Å². The van der Waals surface area contributed by atoms with Crippen LogP contribution in [0.5, 0.6) is 0 Å². The molecular weight excluding hydrogens is 506 g/mol. The Morgan fingerprint density at radius 3 is 2.67 bits per heavy atom. The molecule has 0 radical (unpaired) electrons. The monoisotopic (exact) mass is 549 g/mol. The Labute approximate surface area is 235 Å². The molecule has 39 heavy (non-hydrogen) atoms. The second-order valence-electron chi connectivity index (χ2n) is 10.5. The number of allylic oxidation sites excluding steroid dienone is 3. The summed E-state index contributed by atoms with van der Waals surface area (Å²) in [4.78, 5) is 6.86. The third kappa shape index (κ3) is 8.10. The fourth-order valence-corrected chi connectivity index (χ4v) is 6.43. The predicted octanol–water partition coefficient (Wildman–Crippen LogP) is 5.54. The normalized spacial score (nSPS) is 24.3. The van der Waals surface area contributed by atoms with Crippen LogP contribution < -0.4 is 9.62 Å². The zero-order valence-corrected chi connectivity index (χ0v) is 24.4. The third-order valence-electron chi connectivity index (χ3n) is 7.82. The number of anilines is 1. The van der Waals surface area contributed by atoms with Gasteiger partial charge in [-0.3, -0.25) is 4.68 Å². The Hall–Kier alpha value is -2.81. The Morgan fingerprint density at radius 2 is 2.00 bits per heavy atom. The number of hydrogen-bond donors (Lipinski definition) is 1. The third-order valence-corrected chi connectivity index (χ3v) is 8.45. The SMILES string of the molecule is C=C/C=C\C.Cn1ncc2ccc(C3CCC(OC[C@@H]4CN(c5ccccn5)CC[C@@H]4NS(C)=O)CC3)cc21.